The Morgan fingerprint density at radius 3 is 3.00 bits per heavy atom. The van der Waals surface area contributed by atoms with Gasteiger partial charge in [-0.1, -0.05) is 12.2 Å². The predicted octanol–water partition coefficient (Wildman–Crippen LogP) is 3.07. The summed E-state index contributed by atoms with van der Waals surface area (Å²) in [4.78, 5) is 1.30. The lowest BCUT2D eigenvalue weighted by atomic mass is 10.2. The molecule has 0 saturated heterocycles. The number of nitrogens with one attached hydrogen (secondary N) is 1. The first kappa shape index (κ1) is 12.9. The maximum absolute atomic E-state index is 5.74. The van der Waals surface area contributed by atoms with Crippen molar-refractivity contribution in [2.24, 2.45) is 5.73 Å². The summed E-state index contributed by atoms with van der Waals surface area (Å²) >= 11 is 5.19. The monoisotopic (exact) mass is 288 g/mol. The molecule has 15 heavy (non-hydrogen) atoms. The van der Waals surface area contributed by atoms with E-state index in [1.54, 1.807) is 11.3 Å². The van der Waals surface area contributed by atoms with Crippen LogP contribution in [0.3, 0.4) is 0 Å². The molecule has 1 unspecified atom stereocenters. The molecule has 1 heterocycles. The van der Waals surface area contributed by atoms with Crippen LogP contribution in [0.5, 0.6) is 0 Å². The number of thiophene rings is 1. The fourth-order valence-corrected chi connectivity index (χ4v) is 2.85. The molecule has 4 heteroatoms. The van der Waals surface area contributed by atoms with Gasteiger partial charge in [-0.05, 0) is 41.9 Å². The molecule has 2 nitrogen and oxygen atoms in total. The van der Waals surface area contributed by atoms with Gasteiger partial charge in [-0.3, -0.25) is 0 Å². The quantitative estimate of drug-likeness (QED) is 0.624. The highest BCUT2D eigenvalue weighted by molar-refractivity contribution is 9.10. The molecule has 0 bridgehead atoms. The molecule has 0 aliphatic heterocycles. The molecule has 0 fully saturated rings. The Bertz CT molecular complexity index is 309. The van der Waals surface area contributed by atoms with Crippen molar-refractivity contribution >= 4 is 27.3 Å². The molecule has 1 atom stereocenters. The Kier molecular flexibility index (Phi) is 6.17. The van der Waals surface area contributed by atoms with Crippen LogP contribution in [0, 0.1) is 0 Å². The Balaban J connectivity index is 2.42. The van der Waals surface area contributed by atoms with Crippen molar-refractivity contribution < 1.29 is 0 Å². The molecule has 0 aromatic carbocycles. The van der Waals surface area contributed by atoms with E-state index in [-0.39, 0.29) is 6.04 Å². The van der Waals surface area contributed by atoms with Gasteiger partial charge >= 0.3 is 0 Å². The van der Waals surface area contributed by atoms with Gasteiger partial charge in [0.2, 0.25) is 0 Å². The van der Waals surface area contributed by atoms with E-state index in [9.17, 15) is 0 Å². The summed E-state index contributed by atoms with van der Waals surface area (Å²) < 4.78 is 1.14. The molecule has 0 amide bonds. The first-order valence-electron chi connectivity index (χ1n) is 5.06. The lowest BCUT2D eigenvalue weighted by Gasteiger charge is -2.14. The molecular formula is C11H17BrN2S. The van der Waals surface area contributed by atoms with Gasteiger partial charge in [0.05, 0.1) is 6.04 Å². The minimum absolute atomic E-state index is 0.284. The van der Waals surface area contributed by atoms with Crippen molar-refractivity contribution in [1.29, 1.82) is 0 Å². The van der Waals surface area contributed by atoms with Crippen molar-refractivity contribution in [2.45, 2.75) is 19.4 Å². The van der Waals surface area contributed by atoms with E-state index in [1.807, 2.05) is 6.92 Å². The molecule has 0 saturated carbocycles. The van der Waals surface area contributed by atoms with Gasteiger partial charge in [-0.2, -0.15) is 0 Å². The minimum atomic E-state index is 0.284. The molecule has 0 aliphatic rings. The molecule has 3 N–H and O–H groups in total. The number of halogens is 1. The second-order valence-corrected chi connectivity index (χ2v) is 5.13. The Morgan fingerprint density at radius 1 is 1.67 bits per heavy atom. The highest BCUT2D eigenvalue weighted by Crippen LogP contribution is 2.24. The van der Waals surface area contributed by atoms with Gasteiger partial charge in [0.25, 0.3) is 0 Å². The summed E-state index contributed by atoms with van der Waals surface area (Å²) in [6, 6.07) is 2.41. The van der Waals surface area contributed by atoms with Crippen LogP contribution < -0.4 is 11.1 Å². The highest BCUT2D eigenvalue weighted by atomic mass is 79.9. The SMILES string of the molecule is C/C=C/CCNC(CN)c1cc(Br)cs1. The predicted molar refractivity (Wildman–Crippen MR) is 71.2 cm³/mol. The third-order valence-corrected chi connectivity index (χ3v) is 3.91. The maximum atomic E-state index is 5.74. The van der Waals surface area contributed by atoms with Crippen molar-refractivity contribution in [2.75, 3.05) is 13.1 Å². The average molecular weight is 289 g/mol. The topological polar surface area (TPSA) is 38.0 Å². The molecule has 1 aromatic heterocycles. The summed E-state index contributed by atoms with van der Waals surface area (Å²) in [5.41, 5.74) is 5.74. The fraction of sp³-hybridized carbons (Fsp3) is 0.455. The normalized spacial score (nSPS) is 13.5. The molecule has 84 valence electrons. The Hall–Kier alpha value is -0.160. The first-order valence-corrected chi connectivity index (χ1v) is 6.73. The van der Waals surface area contributed by atoms with Crippen molar-refractivity contribution in [3.8, 4) is 0 Å². The molecule has 1 rings (SSSR count). The maximum Gasteiger partial charge on any atom is 0.0539 e. The largest absolute Gasteiger partial charge is 0.329 e. The van der Waals surface area contributed by atoms with Crippen LogP contribution >= 0.6 is 27.3 Å². The Morgan fingerprint density at radius 2 is 2.47 bits per heavy atom. The number of nitrogens with two attached hydrogens (primary N) is 1. The zero-order chi connectivity index (χ0) is 11.1. The van der Waals surface area contributed by atoms with Crippen molar-refractivity contribution in [3.63, 3.8) is 0 Å². The number of allylic oxidation sites excluding steroid dienone is 1. The molecule has 0 aliphatic carbocycles. The van der Waals surface area contributed by atoms with E-state index < -0.39 is 0 Å². The van der Waals surface area contributed by atoms with E-state index >= 15 is 0 Å². The summed E-state index contributed by atoms with van der Waals surface area (Å²) in [5, 5.41) is 5.54. The summed E-state index contributed by atoms with van der Waals surface area (Å²) in [5.74, 6) is 0. The minimum Gasteiger partial charge on any atom is -0.329 e. The molecule has 1 aromatic rings. The molecule has 0 spiro atoms. The van der Waals surface area contributed by atoms with E-state index in [0.29, 0.717) is 6.54 Å². The van der Waals surface area contributed by atoms with Gasteiger partial charge < -0.3 is 11.1 Å². The molecule has 0 radical (unpaired) electrons. The van der Waals surface area contributed by atoms with E-state index in [4.69, 9.17) is 5.73 Å². The summed E-state index contributed by atoms with van der Waals surface area (Å²) in [7, 11) is 0. The highest BCUT2D eigenvalue weighted by Gasteiger charge is 2.10. The third kappa shape index (κ3) is 4.47. The second-order valence-electron chi connectivity index (χ2n) is 3.27. The van der Waals surface area contributed by atoms with Gasteiger partial charge in [-0.25, -0.2) is 0 Å². The van der Waals surface area contributed by atoms with Crippen LogP contribution in [0.2, 0.25) is 0 Å². The first-order chi connectivity index (χ1) is 7.27. The lowest BCUT2D eigenvalue weighted by Crippen LogP contribution is -2.28. The fourth-order valence-electron chi connectivity index (χ4n) is 1.32. The van der Waals surface area contributed by atoms with E-state index in [0.717, 1.165) is 17.4 Å². The van der Waals surface area contributed by atoms with E-state index in [2.05, 4.69) is 44.8 Å². The zero-order valence-corrected chi connectivity index (χ0v) is 11.3. The summed E-state index contributed by atoms with van der Waals surface area (Å²) in [6.07, 6.45) is 5.28. The van der Waals surface area contributed by atoms with Gasteiger partial charge in [0.15, 0.2) is 0 Å². The smallest absolute Gasteiger partial charge is 0.0539 e. The van der Waals surface area contributed by atoms with Crippen LogP contribution in [0.15, 0.2) is 28.1 Å². The summed E-state index contributed by atoms with van der Waals surface area (Å²) in [6.45, 7) is 3.65. The van der Waals surface area contributed by atoms with Crippen molar-refractivity contribution in [1.82, 2.24) is 5.32 Å². The Labute approximate surface area is 104 Å². The van der Waals surface area contributed by atoms with Crippen LogP contribution in [0.25, 0.3) is 0 Å². The standard InChI is InChI=1S/C11H17BrN2S/c1-2-3-4-5-14-10(7-13)11-6-9(12)8-15-11/h2-3,6,8,10,14H,4-5,7,13H2,1H3/b3-2+. The number of rotatable bonds is 6. The van der Waals surface area contributed by atoms with Crippen LogP contribution in [-0.4, -0.2) is 13.1 Å². The average Bonchev–Trinajstić information content (AvgIpc) is 2.65. The molecular weight excluding hydrogens is 272 g/mol. The number of hydrogen-bond donors (Lipinski definition) is 2. The lowest BCUT2D eigenvalue weighted by molar-refractivity contribution is 0.556. The van der Waals surface area contributed by atoms with Gasteiger partial charge in [0.1, 0.15) is 0 Å². The van der Waals surface area contributed by atoms with Crippen LogP contribution in [0.1, 0.15) is 24.3 Å². The van der Waals surface area contributed by atoms with Crippen LogP contribution in [-0.2, 0) is 0 Å². The van der Waals surface area contributed by atoms with E-state index in [1.165, 1.54) is 4.88 Å². The van der Waals surface area contributed by atoms with Gasteiger partial charge in [-0.15, -0.1) is 11.3 Å². The van der Waals surface area contributed by atoms with Gasteiger partial charge in [0, 0.05) is 21.3 Å². The van der Waals surface area contributed by atoms with Crippen molar-refractivity contribution in [3.05, 3.63) is 32.9 Å². The zero-order valence-electron chi connectivity index (χ0n) is 8.87. The second kappa shape index (κ2) is 7.17. The van der Waals surface area contributed by atoms with Crippen LogP contribution in [0.4, 0.5) is 0 Å². The third-order valence-electron chi connectivity index (χ3n) is 2.10. The number of hydrogen-bond acceptors (Lipinski definition) is 3.